The van der Waals surface area contributed by atoms with Crippen LogP contribution in [0.3, 0.4) is 0 Å². The number of amides is 1. The molecule has 0 aliphatic rings. The zero-order valence-electron chi connectivity index (χ0n) is 10.7. The van der Waals surface area contributed by atoms with Crippen LogP contribution < -0.4 is 10.1 Å². The maximum Gasteiger partial charge on any atom is 0.417 e. The van der Waals surface area contributed by atoms with Crippen LogP contribution in [-0.4, -0.2) is 6.09 Å². The highest BCUT2D eigenvalue weighted by molar-refractivity contribution is 6.33. The molecule has 0 fully saturated rings. The van der Waals surface area contributed by atoms with Gasteiger partial charge in [0.2, 0.25) is 0 Å². The standard InChI is InChI=1S/C15H14ClNO2/c1-10-6-5-7-11(2)14(10)19-15(18)17-13-9-4-3-8-12(13)16/h3-9H,1-2H3,(H,17,18). The Hall–Kier alpha value is -2.00. The van der Waals surface area contributed by atoms with Crippen LogP contribution >= 0.6 is 11.6 Å². The fourth-order valence-corrected chi connectivity index (χ4v) is 1.93. The highest BCUT2D eigenvalue weighted by Gasteiger charge is 2.10. The van der Waals surface area contributed by atoms with Crippen molar-refractivity contribution >= 4 is 23.4 Å². The van der Waals surface area contributed by atoms with Crippen LogP contribution in [-0.2, 0) is 0 Å². The molecule has 2 aromatic rings. The second kappa shape index (κ2) is 5.76. The summed E-state index contributed by atoms with van der Waals surface area (Å²) < 4.78 is 5.33. The Morgan fingerprint density at radius 1 is 1.05 bits per heavy atom. The summed E-state index contributed by atoms with van der Waals surface area (Å²) in [7, 11) is 0. The summed E-state index contributed by atoms with van der Waals surface area (Å²) in [4.78, 5) is 11.8. The predicted molar refractivity (Wildman–Crippen MR) is 77.0 cm³/mol. The third-order valence-electron chi connectivity index (χ3n) is 2.71. The van der Waals surface area contributed by atoms with Crippen molar-refractivity contribution in [3.63, 3.8) is 0 Å². The average molecular weight is 276 g/mol. The van der Waals surface area contributed by atoms with Gasteiger partial charge in [-0.25, -0.2) is 4.79 Å². The monoisotopic (exact) mass is 275 g/mol. The van der Waals surface area contributed by atoms with E-state index in [1.807, 2.05) is 32.0 Å². The van der Waals surface area contributed by atoms with Gasteiger partial charge in [-0.05, 0) is 37.1 Å². The third kappa shape index (κ3) is 3.26. The number of hydrogen-bond donors (Lipinski definition) is 1. The molecule has 0 radical (unpaired) electrons. The van der Waals surface area contributed by atoms with Gasteiger partial charge >= 0.3 is 6.09 Å². The molecule has 0 heterocycles. The quantitative estimate of drug-likeness (QED) is 0.872. The molecule has 0 atom stereocenters. The summed E-state index contributed by atoms with van der Waals surface area (Å²) in [6.45, 7) is 3.79. The number of anilines is 1. The van der Waals surface area contributed by atoms with Crippen molar-refractivity contribution in [1.29, 1.82) is 0 Å². The Bertz CT molecular complexity index is 591. The molecular weight excluding hydrogens is 262 g/mol. The molecule has 0 aliphatic heterocycles. The first-order chi connectivity index (χ1) is 9.08. The van der Waals surface area contributed by atoms with Crippen molar-refractivity contribution in [3.05, 3.63) is 58.6 Å². The minimum atomic E-state index is -0.550. The van der Waals surface area contributed by atoms with Crippen LogP contribution in [0, 0.1) is 13.8 Å². The van der Waals surface area contributed by atoms with Gasteiger partial charge in [-0.3, -0.25) is 5.32 Å². The third-order valence-corrected chi connectivity index (χ3v) is 3.04. The van der Waals surface area contributed by atoms with Crippen molar-refractivity contribution in [2.75, 3.05) is 5.32 Å². The summed E-state index contributed by atoms with van der Waals surface area (Å²) in [5.74, 6) is 0.576. The molecule has 0 aliphatic carbocycles. The fraction of sp³-hybridized carbons (Fsp3) is 0.133. The highest BCUT2D eigenvalue weighted by Crippen LogP contribution is 2.24. The molecule has 98 valence electrons. The lowest BCUT2D eigenvalue weighted by atomic mass is 10.1. The molecular formula is C15H14ClNO2. The summed E-state index contributed by atoms with van der Waals surface area (Å²) in [6, 6.07) is 12.7. The van der Waals surface area contributed by atoms with E-state index in [1.54, 1.807) is 24.3 Å². The smallest absolute Gasteiger partial charge is 0.410 e. The van der Waals surface area contributed by atoms with E-state index in [0.717, 1.165) is 11.1 Å². The number of hydrogen-bond acceptors (Lipinski definition) is 2. The maximum atomic E-state index is 11.8. The normalized spacial score (nSPS) is 10.1. The number of nitrogens with one attached hydrogen (secondary N) is 1. The van der Waals surface area contributed by atoms with Gasteiger partial charge in [0.1, 0.15) is 5.75 Å². The van der Waals surface area contributed by atoms with Crippen LogP contribution in [0.1, 0.15) is 11.1 Å². The lowest BCUT2D eigenvalue weighted by Crippen LogP contribution is -2.18. The first-order valence-corrected chi connectivity index (χ1v) is 6.25. The number of benzene rings is 2. The molecule has 2 aromatic carbocycles. The van der Waals surface area contributed by atoms with Crippen LogP contribution in [0.4, 0.5) is 10.5 Å². The largest absolute Gasteiger partial charge is 0.417 e. The van der Waals surface area contributed by atoms with Crippen molar-refractivity contribution in [2.45, 2.75) is 13.8 Å². The van der Waals surface area contributed by atoms with Gasteiger partial charge in [-0.15, -0.1) is 0 Å². The minimum Gasteiger partial charge on any atom is -0.410 e. The molecule has 0 saturated carbocycles. The summed E-state index contributed by atoms with van der Waals surface area (Å²) in [6.07, 6.45) is -0.550. The summed E-state index contributed by atoms with van der Waals surface area (Å²) >= 11 is 5.96. The van der Waals surface area contributed by atoms with Crippen LogP contribution in [0.25, 0.3) is 0 Å². The number of carbonyl (C=O) groups is 1. The van der Waals surface area contributed by atoms with E-state index in [0.29, 0.717) is 16.5 Å². The molecule has 0 spiro atoms. The molecule has 0 bridgehead atoms. The lowest BCUT2D eigenvalue weighted by Gasteiger charge is -2.11. The topological polar surface area (TPSA) is 38.3 Å². The Morgan fingerprint density at radius 3 is 2.32 bits per heavy atom. The van der Waals surface area contributed by atoms with Gasteiger partial charge < -0.3 is 4.74 Å². The molecule has 0 unspecified atom stereocenters. The molecule has 1 N–H and O–H groups in total. The van der Waals surface area contributed by atoms with E-state index in [9.17, 15) is 4.79 Å². The number of ether oxygens (including phenoxy) is 1. The first-order valence-electron chi connectivity index (χ1n) is 5.87. The Kier molecular flexibility index (Phi) is 4.07. The van der Waals surface area contributed by atoms with E-state index in [4.69, 9.17) is 16.3 Å². The van der Waals surface area contributed by atoms with Gasteiger partial charge in [0, 0.05) is 0 Å². The maximum absolute atomic E-state index is 11.8. The number of halogens is 1. The summed E-state index contributed by atoms with van der Waals surface area (Å²) in [5, 5.41) is 3.09. The SMILES string of the molecule is Cc1cccc(C)c1OC(=O)Nc1ccccc1Cl. The Morgan fingerprint density at radius 2 is 1.68 bits per heavy atom. The number of aryl methyl sites for hydroxylation is 2. The van der Waals surface area contributed by atoms with E-state index in [-0.39, 0.29) is 0 Å². The zero-order valence-corrected chi connectivity index (χ0v) is 11.5. The fourth-order valence-electron chi connectivity index (χ4n) is 1.75. The molecule has 1 amide bonds. The zero-order chi connectivity index (χ0) is 13.8. The minimum absolute atomic E-state index is 0.473. The van der Waals surface area contributed by atoms with Crippen molar-refractivity contribution in [1.82, 2.24) is 0 Å². The van der Waals surface area contributed by atoms with Crippen LogP contribution in [0.5, 0.6) is 5.75 Å². The van der Waals surface area contributed by atoms with Crippen molar-refractivity contribution < 1.29 is 9.53 Å². The van der Waals surface area contributed by atoms with E-state index >= 15 is 0 Å². The average Bonchev–Trinajstić information content (AvgIpc) is 2.37. The van der Waals surface area contributed by atoms with Gasteiger partial charge in [-0.1, -0.05) is 41.9 Å². The van der Waals surface area contributed by atoms with Gasteiger partial charge in [0.15, 0.2) is 0 Å². The number of para-hydroxylation sites is 2. The molecule has 0 saturated heterocycles. The number of rotatable bonds is 2. The van der Waals surface area contributed by atoms with E-state index in [1.165, 1.54) is 0 Å². The Balaban J connectivity index is 2.12. The first kappa shape index (κ1) is 13.4. The van der Waals surface area contributed by atoms with Gasteiger partial charge in [0.25, 0.3) is 0 Å². The van der Waals surface area contributed by atoms with Gasteiger partial charge in [0.05, 0.1) is 10.7 Å². The van der Waals surface area contributed by atoms with E-state index < -0.39 is 6.09 Å². The summed E-state index contributed by atoms with van der Waals surface area (Å²) in [5.41, 5.74) is 2.35. The second-order valence-corrected chi connectivity index (χ2v) is 4.62. The van der Waals surface area contributed by atoms with E-state index in [2.05, 4.69) is 5.32 Å². The Labute approximate surface area is 117 Å². The van der Waals surface area contributed by atoms with Crippen LogP contribution in [0.15, 0.2) is 42.5 Å². The number of carbonyl (C=O) groups excluding carboxylic acids is 1. The highest BCUT2D eigenvalue weighted by atomic mass is 35.5. The molecule has 3 nitrogen and oxygen atoms in total. The van der Waals surface area contributed by atoms with Crippen molar-refractivity contribution in [3.8, 4) is 5.75 Å². The van der Waals surface area contributed by atoms with Gasteiger partial charge in [-0.2, -0.15) is 0 Å². The molecule has 4 heteroatoms. The van der Waals surface area contributed by atoms with Crippen molar-refractivity contribution in [2.24, 2.45) is 0 Å². The second-order valence-electron chi connectivity index (χ2n) is 4.22. The molecule has 19 heavy (non-hydrogen) atoms. The lowest BCUT2D eigenvalue weighted by molar-refractivity contribution is 0.214. The molecule has 2 rings (SSSR count). The predicted octanol–water partition coefficient (Wildman–Crippen LogP) is 4.57. The molecule has 0 aromatic heterocycles. The van der Waals surface area contributed by atoms with Crippen LogP contribution in [0.2, 0.25) is 5.02 Å².